The first-order valence-electron chi connectivity index (χ1n) is 11.9. The van der Waals surface area contributed by atoms with Crippen LogP contribution in [0.25, 0.3) is 0 Å². The molecule has 0 bridgehead atoms. The van der Waals surface area contributed by atoms with E-state index >= 15 is 0 Å². The molecular formula is C26H35F2N3O4S. The molecule has 0 heterocycles. The first kappa shape index (κ1) is 29.2. The lowest BCUT2D eigenvalue weighted by atomic mass is 10.1. The van der Waals surface area contributed by atoms with E-state index < -0.39 is 27.7 Å². The molecular weight excluding hydrogens is 488 g/mol. The number of hydrogen-bond acceptors (Lipinski definition) is 4. The highest BCUT2D eigenvalue weighted by molar-refractivity contribution is 7.92. The second kappa shape index (κ2) is 12.8. The minimum atomic E-state index is -3.81. The van der Waals surface area contributed by atoms with E-state index in [1.54, 1.807) is 6.92 Å². The number of carbonyl (C=O) groups excluding carboxylic acids is 2. The molecule has 0 aliphatic rings. The average molecular weight is 524 g/mol. The van der Waals surface area contributed by atoms with Crippen molar-refractivity contribution in [1.82, 2.24) is 10.2 Å². The van der Waals surface area contributed by atoms with Crippen LogP contribution in [0.1, 0.15) is 51.2 Å². The summed E-state index contributed by atoms with van der Waals surface area (Å²) >= 11 is 0. The van der Waals surface area contributed by atoms with Gasteiger partial charge in [-0.25, -0.2) is 17.2 Å². The number of halogens is 2. The van der Waals surface area contributed by atoms with Crippen LogP contribution >= 0.6 is 0 Å². The molecule has 0 fully saturated rings. The van der Waals surface area contributed by atoms with Crippen LogP contribution in [-0.2, 0) is 26.2 Å². The zero-order valence-corrected chi connectivity index (χ0v) is 22.2. The lowest BCUT2D eigenvalue weighted by Gasteiger charge is -2.30. The Morgan fingerprint density at radius 3 is 2.22 bits per heavy atom. The van der Waals surface area contributed by atoms with Gasteiger partial charge in [-0.15, -0.1) is 0 Å². The van der Waals surface area contributed by atoms with Crippen molar-refractivity contribution in [2.75, 3.05) is 17.1 Å². The minimum Gasteiger partial charge on any atom is -0.352 e. The molecule has 2 rings (SSSR count). The molecule has 0 saturated heterocycles. The first-order chi connectivity index (χ1) is 16.8. The SMILES string of the molecule is CC[C@H](C)NC(=O)[C@@H](C)N(Cc1ccc(C)cc1)C(=O)CCCN(c1ccc(F)c(F)c1)S(C)(=O)=O. The largest absolute Gasteiger partial charge is 0.352 e. The number of carbonyl (C=O) groups is 2. The number of amides is 2. The van der Waals surface area contributed by atoms with Crippen molar-refractivity contribution >= 4 is 27.5 Å². The molecule has 2 atom stereocenters. The van der Waals surface area contributed by atoms with Gasteiger partial charge in [-0.05, 0) is 51.3 Å². The van der Waals surface area contributed by atoms with E-state index in [1.165, 1.54) is 11.0 Å². The second-order valence-corrected chi connectivity index (χ2v) is 10.9. The molecule has 2 aromatic carbocycles. The average Bonchev–Trinajstić information content (AvgIpc) is 2.81. The van der Waals surface area contributed by atoms with E-state index in [2.05, 4.69) is 5.32 Å². The van der Waals surface area contributed by atoms with Crippen LogP contribution in [0.2, 0.25) is 0 Å². The fourth-order valence-electron chi connectivity index (χ4n) is 3.58. The van der Waals surface area contributed by atoms with Crippen molar-refractivity contribution in [3.8, 4) is 0 Å². The minimum absolute atomic E-state index is 0.0262. The molecule has 2 aromatic rings. The maximum atomic E-state index is 13.7. The lowest BCUT2D eigenvalue weighted by Crippen LogP contribution is -2.49. The Labute approximate surface area is 212 Å². The van der Waals surface area contributed by atoms with Crippen LogP contribution in [0.5, 0.6) is 0 Å². The van der Waals surface area contributed by atoms with Crippen molar-refractivity contribution in [1.29, 1.82) is 0 Å². The Kier molecular flexibility index (Phi) is 10.4. The van der Waals surface area contributed by atoms with Gasteiger partial charge < -0.3 is 10.2 Å². The van der Waals surface area contributed by atoms with E-state index in [4.69, 9.17) is 0 Å². The molecule has 0 spiro atoms. The fourth-order valence-corrected chi connectivity index (χ4v) is 4.54. The van der Waals surface area contributed by atoms with Crippen LogP contribution in [0.4, 0.5) is 14.5 Å². The Balaban J connectivity index is 2.18. The summed E-state index contributed by atoms with van der Waals surface area (Å²) in [6.07, 6.45) is 1.79. The summed E-state index contributed by atoms with van der Waals surface area (Å²) < 4.78 is 52.6. The van der Waals surface area contributed by atoms with E-state index in [-0.39, 0.29) is 49.5 Å². The Bertz CT molecular complexity index is 1160. The Morgan fingerprint density at radius 1 is 1.03 bits per heavy atom. The predicted octanol–water partition coefficient (Wildman–Crippen LogP) is 4.15. The highest BCUT2D eigenvalue weighted by atomic mass is 32.2. The maximum Gasteiger partial charge on any atom is 0.242 e. The fraction of sp³-hybridized carbons (Fsp3) is 0.462. The predicted molar refractivity (Wildman–Crippen MR) is 137 cm³/mol. The van der Waals surface area contributed by atoms with Crippen molar-refractivity contribution in [3.05, 3.63) is 65.2 Å². The van der Waals surface area contributed by atoms with Gasteiger partial charge in [-0.3, -0.25) is 13.9 Å². The summed E-state index contributed by atoms with van der Waals surface area (Å²) in [5.41, 5.74) is 1.90. The van der Waals surface area contributed by atoms with Crippen LogP contribution in [0, 0.1) is 18.6 Å². The number of nitrogens with one attached hydrogen (secondary N) is 1. The second-order valence-electron chi connectivity index (χ2n) is 9.04. The monoisotopic (exact) mass is 523 g/mol. The highest BCUT2D eigenvalue weighted by Crippen LogP contribution is 2.22. The number of aryl methyl sites for hydroxylation is 1. The normalized spacial score (nSPS) is 13.1. The van der Waals surface area contributed by atoms with E-state index in [0.29, 0.717) is 0 Å². The van der Waals surface area contributed by atoms with Crippen LogP contribution in [0.15, 0.2) is 42.5 Å². The van der Waals surface area contributed by atoms with Gasteiger partial charge in [0, 0.05) is 31.6 Å². The van der Waals surface area contributed by atoms with Gasteiger partial charge >= 0.3 is 0 Å². The summed E-state index contributed by atoms with van der Waals surface area (Å²) in [6, 6.07) is 9.68. The molecule has 7 nitrogen and oxygen atoms in total. The molecule has 0 saturated carbocycles. The van der Waals surface area contributed by atoms with Gasteiger partial charge in [0.25, 0.3) is 0 Å². The van der Waals surface area contributed by atoms with Crippen molar-refractivity contribution in [2.45, 2.75) is 65.6 Å². The van der Waals surface area contributed by atoms with Crippen molar-refractivity contribution in [3.63, 3.8) is 0 Å². The van der Waals surface area contributed by atoms with Gasteiger partial charge in [0.05, 0.1) is 11.9 Å². The molecule has 0 aromatic heterocycles. The van der Waals surface area contributed by atoms with E-state index in [1.807, 2.05) is 45.0 Å². The maximum absolute atomic E-state index is 13.7. The quantitative estimate of drug-likeness (QED) is 0.453. The van der Waals surface area contributed by atoms with E-state index in [9.17, 15) is 26.8 Å². The van der Waals surface area contributed by atoms with Crippen LogP contribution < -0.4 is 9.62 Å². The van der Waals surface area contributed by atoms with Crippen molar-refractivity contribution in [2.24, 2.45) is 0 Å². The van der Waals surface area contributed by atoms with Crippen molar-refractivity contribution < 1.29 is 26.8 Å². The zero-order chi connectivity index (χ0) is 27.0. The third-order valence-electron chi connectivity index (χ3n) is 5.99. The zero-order valence-electron chi connectivity index (χ0n) is 21.4. The summed E-state index contributed by atoms with van der Waals surface area (Å²) in [6.45, 7) is 7.55. The first-order valence-corrected chi connectivity index (χ1v) is 13.8. The van der Waals surface area contributed by atoms with Gasteiger partial charge in [0.2, 0.25) is 21.8 Å². The Hall–Kier alpha value is -3.01. The summed E-state index contributed by atoms with van der Waals surface area (Å²) in [5, 5.41) is 2.90. The number of rotatable bonds is 12. The van der Waals surface area contributed by atoms with Gasteiger partial charge in [0.1, 0.15) is 6.04 Å². The van der Waals surface area contributed by atoms with Crippen LogP contribution in [0.3, 0.4) is 0 Å². The molecule has 36 heavy (non-hydrogen) atoms. The smallest absolute Gasteiger partial charge is 0.242 e. The number of benzene rings is 2. The third kappa shape index (κ3) is 8.29. The lowest BCUT2D eigenvalue weighted by molar-refractivity contribution is -0.140. The summed E-state index contributed by atoms with van der Waals surface area (Å²) in [4.78, 5) is 27.5. The number of hydrogen-bond donors (Lipinski definition) is 1. The third-order valence-corrected chi connectivity index (χ3v) is 7.18. The topological polar surface area (TPSA) is 86.8 Å². The van der Waals surface area contributed by atoms with Gasteiger partial charge in [-0.1, -0.05) is 36.8 Å². The molecule has 1 N–H and O–H groups in total. The number of anilines is 1. The molecule has 0 radical (unpaired) electrons. The summed E-state index contributed by atoms with van der Waals surface area (Å²) in [5.74, 6) is -2.84. The molecule has 10 heteroatoms. The molecule has 0 unspecified atom stereocenters. The standard InChI is InChI=1S/C26H35F2N3O4S/c1-6-19(3)29-26(33)20(4)30(17-21-11-9-18(2)10-12-21)25(32)8-7-15-31(36(5,34)35)22-13-14-23(27)24(28)16-22/h9-14,16,19-20H,6-8,15,17H2,1-5H3,(H,29,33)/t19-,20+/m0/s1. The highest BCUT2D eigenvalue weighted by Gasteiger charge is 2.27. The molecule has 2 amide bonds. The van der Waals surface area contributed by atoms with E-state index in [0.717, 1.165) is 40.2 Å². The molecule has 198 valence electrons. The van der Waals surface area contributed by atoms with Gasteiger partial charge in [0.15, 0.2) is 11.6 Å². The molecule has 0 aliphatic carbocycles. The molecule has 0 aliphatic heterocycles. The Morgan fingerprint density at radius 2 is 1.67 bits per heavy atom. The number of nitrogens with zero attached hydrogens (tertiary/aromatic N) is 2. The van der Waals surface area contributed by atoms with Gasteiger partial charge in [-0.2, -0.15) is 0 Å². The summed E-state index contributed by atoms with van der Waals surface area (Å²) in [7, 11) is -3.81. The number of sulfonamides is 1. The van der Waals surface area contributed by atoms with Crippen LogP contribution in [-0.4, -0.2) is 50.0 Å².